The Hall–Kier alpha value is -2.84. The first-order valence-electron chi connectivity index (χ1n) is 11.3. The second kappa shape index (κ2) is 9.75. The number of anilines is 1. The number of nitrogens with zero attached hydrogens (tertiary/aromatic N) is 5. The molecule has 2 aliphatic heterocycles. The van der Waals surface area contributed by atoms with Crippen molar-refractivity contribution in [2.75, 3.05) is 51.3 Å². The first-order chi connectivity index (χ1) is 15.5. The van der Waals surface area contributed by atoms with Crippen molar-refractivity contribution < 1.29 is 9.53 Å². The Balaban J connectivity index is 1.23. The first kappa shape index (κ1) is 22.4. The molecular formula is C24H32N6O2. The smallest absolute Gasteiger partial charge is 0.338 e. The molecule has 1 fully saturated rings. The summed E-state index contributed by atoms with van der Waals surface area (Å²) in [5, 5.41) is 4.87. The molecule has 1 saturated heterocycles. The highest BCUT2D eigenvalue weighted by molar-refractivity contribution is 5.93. The molecule has 32 heavy (non-hydrogen) atoms. The number of fused-ring (bicyclic) bond motifs is 1. The minimum atomic E-state index is -0.191. The van der Waals surface area contributed by atoms with Gasteiger partial charge >= 0.3 is 5.97 Å². The monoisotopic (exact) mass is 436 g/mol. The molecule has 0 spiro atoms. The van der Waals surface area contributed by atoms with E-state index < -0.39 is 0 Å². The molecule has 1 N–H and O–H groups in total. The van der Waals surface area contributed by atoms with E-state index in [-0.39, 0.29) is 5.97 Å². The topological polar surface area (TPSA) is 85.1 Å². The molecule has 2 aliphatic rings. The Morgan fingerprint density at radius 3 is 2.28 bits per heavy atom. The van der Waals surface area contributed by atoms with E-state index >= 15 is 0 Å². The maximum atomic E-state index is 11.7. The molecule has 0 unspecified atom stereocenters. The van der Waals surface area contributed by atoms with Gasteiger partial charge in [-0.3, -0.25) is 0 Å². The fraction of sp³-hybridized carbons (Fsp3) is 0.500. The first-order valence-corrected chi connectivity index (χ1v) is 11.3. The highest BCUT2D eigenvalue weighted by atomic mass is 16.5. The van der Waals surface area contributed by atoms with E-state index in [2.05, 4.69) is 39.1 Å². The molecule has 0 amide bonds. The molecule has 1 aromatic carbocycles. The van der Waals surface area contributed by atoms with Crippen LogP contribution in [0, 0.1) is 19.4 Å². The van der Waals surface area contributed by atoms with Gasteiger partial charge in [-0.25, -0.2) is 14.8 Å². The van der Waals surface area contributed by atoms with Crippen LogP contribution < -0.4 is 5.01 Å². The summed E-state index contributed by atoms with van der Waals surface area (Å²) >= 11 is 0. The number of aromatic nitrogens is 1. The van der Waals surface area contributed by atoms with E-state index in [4.69, 9.17) is 10.3 Å². The molecule has 3 heterocycles. The number of benzene rings is 1. The number of piperazine rings is 1. The van der Waals surface area contributed by atoms with Crippen molar-refractivity contribution in [3.63, 3.8) is 0 Å². The van der Waals surface area contributed by atoms with Crippen LogP contribution in [0.1, 0.15) is 38.3 Å². The van der Waals surface area contributed by atoms with Gasteiger partial charge in [-0.1, -0.05) is 17.4 Å². The molecule has 0 radical (unpaired) electrons. The maximum Gasteiger partial charge on any atom is 0.338 e. The lowest BCUT2D eigenvalue weighted by Crippen LogP contribution is -2.47. The van der Waals surface area contributed by atoms with Gasteiger partial charge in [0, 0.05) is 57.6 Å². The standard InChI is InChI=1S/C24H32N6O2/c1-17-19(4-6-21-22(17)16-32-24(21)31)8-10-29-12-14-30(15-13-29)11-9-20-5-7-23(26-18(20)2)28(3)27-25/h4-7,25H,8-16H2,1-3H3. The SMILES string of the molecule is Cc1nc(N(C)N=N)ccc1CCN1CCN(CCc2ccc3c(c2C)COC3=O)CC1. The van der Waals surface area contributed by atoms with Gasteiger partial charge in [0.2, 0.25) is 0 Å². The van der Waals surface area contributed by atoms with Crippen molar-refractivity contribution in [2.45, 2.75) is 33.3 Å². The Labute approximate surface area is 189 Å². The van der Waals surface area contributed by atoms with Gasteiger partial charge in [-0.05, 0) is 55.5 Å². The van der Waals surface area contributed by atoms with Crippen LogP contribution in [0.3, 0.4) is 0 Å². The third-order valence-corrected chi connectivity index (χ3v) is 6.80. The van der Waals surface area contributed by atoms with Gasteiger partial charge in [-0.15, -0.1) is 0 Å². The van der Waals surface area contributed by atoms with Crippen LogP contribution >= 0.6 is 0 Å². The lowest BCUT2D eigenvalue weighted by atomic mass is 9.96. The van der Waals surface area contributed by atoms with Crippen LogP contribution in [-0.2, 0) is 24.2 Å². The normalized spacial score (nSPS) is 16.7. The summed E-state index contributed by atoms with van der Waals surface area (Å²) in [6.07, 6.45) is 1.99. The quantitative estimate of drug-likeness (QED) is 0.389. The number of esters is 1. The Kier molecular flexibility index (Phi) is 6.81. The van der Waals surface area contributed by atoms with Crippen molar-refractivity contribution >= 4 is 11.8 Å². The zero-order valence-electron chi connectivity index (χ0n) is 19.2. The van der Waals surface area contributed by atoms with E-state index in [9.17, 15) is 4.79 Å². The number of ether oxygens (including phenoxy) is 1. The summed E-state index contributed by atoms with van der Waals surface area (Å²) in [6.45, 7) is 10.9. The maximum absolute atomic E-state index is 11.7. The Morgan fingerprint density at radius 1 is 1.03 bits per heavy atom. The number of pyridine rings is 1. The molecule has 4 rings (SSSR count). The molecule has 0 saturated carbocycles. The van der Waals surface area contributed by atoms with Crippen molar-refractivity contribution in [3.05, 3.63) is 57.8 Å². The van der Waals surface area contributed by atoms with Crippen molar-refractivity contribution in [3.8, 4) is 0 Å². The van der Waals surface area contributed by atoms with Crippen LogP contribution in [0.4, 0.5) is 5.82 Å². The number of cyclic esters (lactones) is 1. The highest BCUT2D eigenvalue weighted by Gasteiger charge is 2.24. The van der Waals surface area contributed by atoms with E-state index in [0.29, 0.717) is 12.4 Å². The van der Waals surface area contributed by atoms with E-state index in [0.717, 1.165) is 68.9 Å². The number of nitrogens with one attached hydrogen (secondary N) is 1. The zero-order chi connectivity index (χ0) is 22.7. The number of hydrogen-bond acceptors (Lipinski definition) is 7. The van der Waals surface area contributed by atoms with Crippen LogP contribution in [0.25, 0.3) is 0 Å². The summed E-state index contributed by atoms with van der Waals surface area (Å²) in [5.74, 6) is 0.510. The Morgan fingerprint density at radius 2 is 1.66 bits per heavy atom. The van der Waals surface area contributed by atoms with Gasteiger partial charge < -0.3 is 14.5 Å². The summed E-state index contributed by atoms with van der Waals surface area (Å²) in [5.41, 5.74) is 13.7. The van der Waals surface area contributed by atoms with Gasteiger partial charge in [-0.2, -0.15) is 5.53 Å². The summed E-state index contributed by atoms with van der Waals surface area (Å²) in [4.78, 5) is 21.4. The predicted molar refractivity (Wildman–Crippen MR) is 123 cm³/mol. The van der Waals surface area contributed by atoms with Crippen molar-refractivity contribution in [2.24, 2.45) is 5.22 Å². The molecule has 2 aromatic rings. The number of carbonyl (C=O) groups excluding carboxylic acids is 1. The molecule has 8 heteroatoms. The summed E-state index contributed by atoms with van der Waals surface area (Å²) < 4.78 is 5.18. The van der Waals surface area contributed by atoms with E-state index in [1.54, 1.807) is 7.05 Å². The average Bonchev–Trinajstić information content (AvgIpc) is 3.19. The van der Waals surface area contributed by atoms with Crippen LogP contribution in [-0.4, -0.2) is 67.1 Å². The average molecular weight is 437 g/mol. The lowest BCUT2D eigenvalue weighted by Gasteiger charge is -2.35. The van der Waals surface area contributed by atoms with E-state index in [1.807, 2.05) is 19.1 Å². The second-order valence-electron chi connectivity index (χ2n) is 8.67. The van der Waals surface area contributed by atoms with Crippen LogP contribution in [0.2, 0.25) is 0 Å². The van der Waals surface area contributed by atoms with Gasteiger partial charge in [0.1, 0.15) is 12.4 Å². The zero-order valence-corrected chi connectivity index (χ0v) is 19.2. The molecule has 0 aliphatic carbocycles. The summed E-state index contributed by atoms with van der Waals surface area (Å²) in [6, 6.07) is 8.05. The van der Waals surface area contributed by atoms with Crippen molar-refractivity contribution in [1.82, 2.24) is 14.8 Å². The Bertz CT molecular complexity index is 1000. The molecule has 0 bridgehead atoms. The number of aryl methyl sites for hydroxylation is 1. The van der Waals surface area contributed by atoms with Crippen molar-refractivity contribution in [1.29, 1.82) is 5.53 Å². The third kappa shape index (κ3) is 4.81. The van der Waals surface area contributed by atoms with Gasteiger partial charge in [0.05, 0.1) is 5.56 Å². The molecule has 0 atom stereocenters. The van der Waals surface area contributed by atoms with Crippen LogP contribution in [0.5, 0.6) is 0 Å². The largest absolute Gasteiger partial charge is 0.457 e. The second-order valence-corrected chi connectivity index (χ2v) is 8.67. The predicted octanol–water partition coefficient (Wildman–Crippen LogP) is 3.15. The third-order valence-electron chi connectivity index (χ3n) is 6.80. The number of rotatable bonds is 8. The molecule has 1 aromatic heterocycles. The lowest BCUT2D eigenvalue weighted by molar-refractivity contribution is 0.0535. The van der Waals surface area contributed by atoms with Crippen LogP contribution in [0.15, 0.2) is 29.5 Å². The van der Waals surface area contributed by atoms with E-state index in [1.165, 1.54) is 21.7 Å². The summed E-state index contributed by atoms with van der Waals surface area (Å²) in [7, 11) is 1.73. The fourth-order valence-corrected chi connectivity index (χ4v) is 4.53. The molecular weight excluding hydrogens is 404 g/mol. The minimum Gasteiger partial charge on any atom is -0.457 e. The van der Waals surface area contributed by atoms with Gasteiger partial charge in [0.15, 0.2) is 0 Å². The highest BCUT2D eigenvalue weighted by Crippen LogP contribution is 2.26. The fourth-order valence-electron chi connectivity index (χ4n) is 4.53. The number of carbonyl (C=O) groups is 1. The number of hydrogen-bond donors (Lipinski definition) is 1. The minimum absolute atomic E-state index is 0.191. The molecule has 170 valence electrons. The van der Waals surface area contributed by atoms with Gasteiger partial charge in [0.25, 0.3) is 0 Å². The molecule has 8 nitrogen and oxygen atoms in total.